The summed E-state index contributed by atoms with van der Waals surface area (Å²) in [6, 6.07) is 62.4. The van der Waals surface area contributed by atoms with Crippen LogP contribution >= 0.6 is 0 Å². The quantitative estimate of drug-likeness (QED) is 0.180. The number of fused-ring (bicyclic) bond motifs is 6. The summed E-state index contributed by atoms with van der Waals surface area (Å²) >= 11 is 0. The molecule has 10 rings (SSSR count). The normalized spacial score (nSPS) is 11.5. The number of aryl methyl sites for hydroxylation is 2. The van der Waals surface area contributed by atoms with E-state index < -0.39 is 0 Å². The number of hydrogen-bond donors (Lipinski definition) is 0. The Morgan fingerprint density at radius 3 is 1.41 bits per heavy atom. The number of hydrogen-bond acceptors (Lipinski definition) is 2. The maximum atomic E-state index is 11.1. The Morgan fingerprint density at radius 2 is 0.889 bits per heavy atom. The summed E-state index contributed by atoms with van der Waals surface area (Å²) in [5.74, 6) is 0. The Bertz CT molecular complexity index is 3070. The zero-order chi connectivity index (χ0) is 36.3. The van der Waals surface area contributed by atoms with E-state index in [1.165, 1.54) is 27.3 Å². The molecule has 0 atom stereocenters. The lowest BCUT2D eigenvalue weighted by atomic mass is 9.96. The Labute approximate surface area is 313 Å². The van der Waals surface area contributed by atoms with Gasteiger partial charge in [-0.05, 0) is 80.1 Å². The zero-order valence-corrected chi connectivity index (χ0v) is 30.0. The van der Waals surface area contributed by atoms with E-state index in [2.05, 4.69) is 187 Å². The van der Waals surface area contributed by atoms with Crippen LogP contribution in [0.25, 0.3) is 88.6 Å². The van der Waals surface area contributed by atoms with Crippen molar-refractivity contribution < 1.29 is 0 Å². The number of pyridine rings is 1. The van der Waals surface area contributed by atoms with Gasteiger partial charge in [-0.25, -0.2) is 4.98 Å². The van der Waals surface area contributed by atoms with Gasteiger partial charge in [0.25, 0.3) is 0 Å². The molecule has 0 amide bonds. The van der Waals surface area contributed by atoms with E-state index in [0.717, 1.165) is 72.5 Å². The summed E-state index contributed by atoms with van der Waals surface area (Å²) in [7, 11) is 0. The summed E-state index contributed by atoms with van der Waals surface area (Å²) in [5, 5.41) is 15.7. The van der Waals surface area contributed by atoms with Gasteiger partial charge in [0.1, 0.15) is 6.07 Å². The highest BCUT2D eigenvalue weighted by Gasteiger charge is 2.23. The molecule has 254 valence electrons. The van der Waals surface area contributed by atoms with Gasteiger partial charge in [0.2, 0.25) is 0 Å². The molecule has 7 aromatic carbocycles. The minimum atomic E-state index is 0.593. The highest BCUT2D eigenvalue weighted by Crippen LogP contribution is 2.42. The molecule has 0 aliphatic rings. The van der Waals surface area contributed by atoms with Crippen LogP contribution in [0.15, 0.2) is 170 Å². The van der Waals surface area contributed by atoms with Crippen molar-refractivity contribution in [3.63, 3.8) is 0 Å². The number of benzene rings is 7. The second-order valence-electron chi connectivity index (χ2n) is 14.1. The van der Waals surface area contributed by atoms with Crippen LogP contribution in [0.5, 0.6) is 0 Å². The van der Waals surface area contributed by atoms with Gasteiger partial charge >= 0.3 is 0 Å². The molecule has 0 saturated heterocycles. The molecule has 4 nitrogen and oxygen atoms in total. The first-order valence-corrected chi connectivity index (χ1v) is 18.3. The van der Waals surface area contributed by atoms with E-state index in [1.807, 2.05) is 12.1 Å². The van der Waals surface area contributed by atoms with Gasteiger partial charge in [0.15, 0.2) is 0 Å². The number of aromatic nitrogens is 3. The highest BCUT2D eigenvalue weighted by molar-refractivity contribution is 6.11. The van der Waals surface area contributed by atoms with Gasteiger partial charge in [0, 0.05) is 38.2 Å². The lowest BCUT2D eigenvalue weighted by molar-refractivity contribution is 1.13. The first-order chi connectivity index (χ1) is 26.6. The molecule has 4 heteroatoms. The summed E-state index contributed by atoms with van der Waals surface area (Å²) in [5.41, 5.74) is 14.9. The highest BCUT2D eigenvalue weighted by atomic mass is 15.0. The van der Waals surface area contributed by atoms with Crippen molar-refractivity contribution in [3.05, 3.63) is 187 Å². The third-order valence-electron chi connectivity index (χ3n) is 10.6. The minimum absolute atomic E-state index is 0.593. The maximum absolute atomic E-state index is 11.1. The lowest BCUT2D eigenvalue weighted by Gasteiger charge is -2.20. The first-order valence-electron chi connectivity index (χ1n) is 18.3. The molecule has 0 fully saturated rings. The molecule has 0 saturated carbocycles. The van der Waals surface area contributed by atoms with E-state index in [-0.39, 0.29) is 0 Å². The van der Waals surface area contributed by atoms with Crippen molar-refractivity contribution >= 4 is 43.6 Å². The topological polar surface area (TPSA) is 46.5 Å². The van der Waals surface area contributed by atoms with Gasteiger partial charge in [-0.1, -0.05) is 120 Å². The Kier molecular flexibility index (Phi) is 7.28. The van der Waals surface area contributed by atoms with Gasteiger partial charge in [-0.15, -0.1) is 0 Å². The van der Waals surface area contributed by atoms with E-state index in [4.69, 9.17) is 4.98 Å². The molecule has 0 spiro atoms. The van der Waals surface area contributed by atoms with E-state index >= 15 is 0 Å². The number of nitriles is 1. The molecule has 0 unspecified atom stereocenters. The molecular weight excluding hydrogens is 657 g/mol. The molecule has 0 bridgehead atoms. The van der Waals surface area contributed by atoms with Crippen LogP contribution in [0.2, 0.25) is 0 Å². The van der Waals surface area contributed by atoms with E-state index in [0.29, 0.717) is 5.56 Å². The van der Waals surface area contributed by atoms with E-state index in [9.17, 15) is 5.26 Å². The number of nitrogens with zero attached hydrogens (tertiary/aromatic N) is 4. The van der Waals surface area contributed by atoms with Crippen LogP contribution in [0.4, 0.5) is 0 Å². The fourth-order valence-corrected chi connectivity index (χ4v) is 8.16. The van der Waals surface area contributed by atoms with Crippen LogP contribution < -0.4 is 0 Å². The predicted octanol–water partition coefficient (Wildman–Crippen LogP) is 12.8. The van der Waals surface area contributed by atoms with Crippen molar-refractivity contribution in [1.82, 2.24) is 14.1 Å². The Balaban J connectivity index is 1.36. The van der Waals surface area contributed by atoms with Crippen molar-refractivity contribution in [2.24, 2.45) is 0 Å². The average Bonchev–Trinajstić information content (AvgIpc) is 3.72. The summed E-state index contributed by atoms with van der Waals surface area (Å²) in [6.45, 7) is 4.27. The third kappa shape index (κ3) is 5.02. The average molecular weight is 691 g/mol. The molecule has 3 aromatic heterocycles. The fourth-order valence-electron chi connectivity index (χ4n) is 8.16. The molecule has 3 heterocycles. The van der Waals surface area contributed by atoms with Crippen molar-refractivity contribution in [2.75, 3.05) is 0 Å². The van der Waals surface area contributed by atoms with Crippen LogP contribution in [0.1, 0.15) is 16.7 Å². The van der Waals surface area contributed by atoms with Crippen molar-refractivity contribution in [2.45, 2.75) is 13.8 Å². The van der Waals surface area contributed by atoms with Crippen molar-refractivity contribution in [1.29, 1.82) is 5.26 Å². The van der Waals surface area contributed by atoms with Gasteiger partial charge < -0.3 is 9.13 Å². The smallest absolute Gasteiger partial charge is 0.101 e. The lowest BCUT2D eigenvalue weighted by Crippen LogP contribution is -2.04. The van der Waals surface area contributed by atoms with Crippen LogP contribution in [0, 0.1) is 25.2 Å². The third-order valence-corrected chi connectivity index (χ3v) is 10.6. The number of para-hydroxylation sites is 2. The summed E-state index contributed by atoms with van der Waals surface area (Å²) in [4.78, 5) is 5.23. The van der Waals surface area contributed by atoms with Crippen LogP contribution in [-0.2, 0) is 0 Å². The standard InChI is InChI=1S/C50H34N4/c1-32-21-23-47-41(25-32)38-17-9-11-19-45(38)53(47)49-30-40(36-27-43(34-13-5-3-6-14-34)52-44(28-36)35-15-7-4-8-16-35)50(29-37(49)31-51)54-46-20-12-10-18-39(46)42-26-33(2)22-24-48(42)54/h3-30H,1-2H3. The first kappa shape index (κ1) is 31.5. The largest absolute Gasteiger partial charge is 0.309 e. The predicted molar refractivity (Wildman–Crippen MR) is 223 cm³/mol. The Morgan fingerprint density at radius 1 is 0.426 bits per heavy atom. The number of rotatable bonds is 5. The van der Waals surface area contributed by atoms with Crippen LogP contribution in [-0.4, -0.2) is 14.1 Å². The van der Waals surface area contributed by atoms with Crippen LogP contribution in [0.3, 0.4) is 0 Å². The second-order valence-corrected chi connectivity index (χ2v) is 14.1. The fraction of sp³-hybridized carbons (Fsp3) is 0.0400. The SMILES string of the molecule is Cc1ccc2c(c1)c1ccccc1n2-c1cc(-c2cc(-c3ccccc3)nc(-c3ccccc3)c2)c(-n2c3ccccc3c3cc(C)ccc32)cc1C#N. The van der Waals surface area contributed by atoms with Gasteiger partial charge in [0.05, 0.1) is 50.4 Å². The molecule has 0 aliphatic carbocycles. The van der Waals surface area contributed by atoms with Crippen molar-refractivity contribution in [3.8, 4) is 51.1 Å². The zero-order valence-electron chi connectivity index (χ0n) is 30.0. The van der Waals surface area contributed by atoms with Gasteiger partial charge in [-0.3, -0.25) is 0 Å². The molecule has 0 N–H and O–H groups in total. The molecule has 0 radical (unpaired) electrons. The minimum Gasteiger partial charge on any atom is -0.309 e. The molecule has 0 aliphatic heterocycles. The Hall–Kier alpha value is -7.22. The molecule has 54 heavy (non-hydrogen) atoms. The second kappa shape index (κ2) is 12.5. The summed E-state index contributed by atoms with van der Waals surface area (Å²) < 4.78 is 4.60. The van der Waals surface area contributed by atoms with E-state index in [1.54, 1.807) is 0 Å². The maximum Gasteiger partial charge on any atom is 0.101 e. The molecule has 10 aromatic rings. The molecular formula is C50H34N4. The monoisotopic (exact) mass is 690 g/mol. The van der Waals surface area contributed by atoms with Gasteiger partial charge in [-0.2, -0.15) is 5.26 Å². The summed E-state index contributed by atoms with van der Waals surface area (Å²) in [6.07, 6.45) is 0.